The number of anilines is 1. The van der Waals surface area contributed by atoms with Crippen LogP contribution in [0.4, 0.5) is 5.82 Å². The van der Waals surface area contributed by atoms with Crippen LogP contribution >= 0.6 is 0 Å². The molecule has 1 N–H and O–H groups in total. The van der Waals surface area contributed by atoms with Gasteiger partial charge in [0.2, 0.25) is 0 Å². The first-order valence-electron chi connectivity index (χ1n) is 7.70. The van der Waals surface area contributed by atoms with Gasteiger partial charge in [0.05, 0.1) is 0 Å². The summed E-state index contributed by atoms with van der Waals surface area (Å²) in [5.41, 5.74) is 2.03. The van der Waals surface area contributed by atoms with Crippen molar-refractivity contribution in [2.45, 2.75) is 37.8 Å². The monoisotopic (exact) mass is 283 g/mol. The van der Waals surface area contributed by atoms with Crippen molar-refractivity contribution in [2.75, 3.05) is 19.4 Å². The molecule has 2 aliphatic rings. The highest BCUT2D eigenvalue weighted by atomic mass is 15.2. The van der Waals surface area contributed by atoms with Crippen LogP contribution in [0.1, 0.15) is 25.7 Å². The van der Waals surface area contributed by atoms with Crippen LogP contribution in [0.3, 0.4) is 0 Å². The lowest BCUT2D eigenvalue weighted by molar-refractivity contribution is -0.0783. The van der Waals surface area contributed by atoms with Gasteiger partial charge in [-0.3, -0.25) is 4.98 Å². The molecule has 110 valence electrons. The minimum Gasteiger partial charge on any atom is -0.367 e. The van der Waals surface area contributed by atoms with Crippen LogP contribution in [-0.4, -0.2) is 46.0 Å². The van der Waals surface area contributed by atoms with Gasteiger partial charge in [-0.15, -0.1) is 0 Å². The summed E-state index contributed by atoms with van der Waals surface area (Å²) in [5, 5.41) is 3.64. The van der Waals surface area contributed by atoms with E-state index in [1.807, 2.05) is 12.1 Å². The molecule has 21 heavy (non-hydrogen) atoms. The summed E-state index contributed by atoms with van der Waals surface area (Å²) in [6.07, 6.45) is 8.63. The Kier molecular flexibility index (Phi) is 2.85. The van der Waals surface area contributed by atoms with Gasteiger partial charge in [0.15, 0.2) is 5.65 Å². The molecule has 2 atom stereocenters. The predicted molar refractivity (Wildman–Crippen MR) is 83.1 cm³/mol. The number of rotatable bonds is 3. The van der Waals surface area contributed by atoms with Crippen molar-refractivity contribution in [1.29, 1.82) is 0 Å². The summed E-state index contributed by atoms with van der Waals surface area (Å²) in [4.78, 5) is 15.5. The van der Waals surface area contributed by atoms with Gasteiger partial charge in [0.1, 0.15) is 11.3 Å². The Balaban J connectivity index is 1.55. The van der Waals surface area contributed by atoms with E-state index >= 15 is 0 Å². The van der Waals surface area contributed by atoms with Gasteiger partial charge in [0, 0.05) is 29.9 Å². The van der Waals surface area contributed by atoms with Gasteiger partial charge in [0.25, 0.3) is 0 Å². The van der Waals surface area contributed by atoms with Crippen molar-refractivity contribution >= 4 is 17.0 Å². The topological polar surface area (TPSA) is 53.9 Å². The van der Waals surface area contributed by atoms with Crippen LogP contribution in [-0.2, 0) is 0 Å². The second-order valence-electron chi connectivity index (χ2n) is 6.59. The van der Waals surface area contributed by atoms with Gasteiger partial charge in [-0.05, 0) is 45.5 Å². The van der Waals surface area contributed by atoms with Gasteiger partial charge < -0.3 is 10.2 Å². The van der Waals surface area contributed by atoms with Crippen molar-refractivity contribution < 1.29 is 0 Å². The molecule has 2 heterocycles. The summed E-state index contributed by atoms with van der Waals surface area (Å²) in [6, 6.07) is 5.27. The van der Waals surface area contributed by atoms with Crippen LogP contribution in [0.2, 0.25) is 0 Å². The van der Waals surface area contributed by atoms with Gasteiger partial charge in [-0.25, -0.2) is 9.97 Å². The van der Waals surface area contributed by atoms with Crippen molar-refractivity contribution in [2.24, 2.45) is 5.41 Å². The van der Waals surface area contributed by atoms with Crippen LogP contribution < -0.4 is 5.32 Å². The van der Waals surface area contributed by atoms with Crippen molar-refractivity contribution in [3.8, 4) is 0 Å². The molecule has 0 bridgehead atoms. The molecule has 2 unspecified atom stereocenters. The Morgan fingerprint density at radius 1 is 1.19 bits per heavy atom. The summed E-state index contributed by atoms with van der Waals surface area (Å²) < 4.78 is 0. The first kappa shape index (κ1) is 13.0. The zero-order valence-corrected chi connectivity index (χ0v) is 12.6. The second-order valence-corrected chi connectivity index (χ2v) is 6.59. The summed E-state index contributed by atoms with van der Waals surface area (Å²) in [7, 11) is 4.40. The lowest BCUT2D eigenvalue weighted by atomic mass is 9.49. The third-order valence-electron chi connectivity index (χ3n) is 5.38. The van der Waals surface area contributed by atoms with Crippen molar-refractivity contribution in [1.82, 2.24) is 19.9 Å². The molecule has 0 aromatic carbocycles. The number of hydrogen-bond acceptors (Lipinski definition) is 5. The maximum atomic E-state index is 4.59. The molecule has 0 aliphatic heterocycles. The Bertz CT molecular complexity index is 665. The molecule has 2 aliphatic carbocycles. The zero-order chi connectivity index (χ0) is 14.4. The first-order valence-corrected chi connectivity index (χ1v) is 7.70. The van der Waals surface area contributed by atoms with E-state index < -0.39 is 0 Å². The van der Waals surface area contributed by atoms with Crippen LogP contribution in [0, 0.1) is 5.41 Å². The summed E-state index contributed by atoms with van der Waals surface area (Å²) in [5.74, 6) is 0.927. The molecule has 2 aromatic heterocycles. The Labute approximate surface area is 124 Å². The van der Waals surface area contributed by atoms with Crippen molar-refractivity contribution in [3.63, 3.8) is 0 Å². The molecule has 1 spiro atoms. The minimum absolute atomic E-state index is 0.461. The first-order chi connectivity index (χ1) is 10.2. The maximum absolute atomic E-state index is 4.59. The number of pyridine rings is 1. The zero-order valence-electron chi connectivity index (χ0n) is 12.6. The third-order valence-corrected chi connectivity index (χ3v) is 5.38. The number of hydrogen-bond donors (Lipinski definition) is 1. The summed E-state index contributed by atoms with van der Waals surface area (Å²) in [6.45, 7) is 0. The fourth-order valence-corrected chi connectivity index (χ4v) is 4.07. The average molecular weight is 283 g/mol. The Hall–Kier alpha value is -1.75. The van der Waals surface area contributed by atoms with E-state index in [-0.39, 0.29) is 0 Å². The fraction of sp³-hybridized carbons (Fsp3) is 0.562. The second kappa shape index (κ2) is 4.63. The van der Waals surface area contributed by atoms with E-state index in [0.29, 0.717) is 23.1 Å². The number of nitrogens with zero attached hydrogens (tertiary/aromatic N) is 4. The Morgan fingerprint density at radius 3 is 2.71 bits per heavy atom. The number of nitrogens with one attached hydrogen (secondary N) is 1. The van der Waals surface area contributed by atoms with Crippen LogP contribution in [0.25, 0.3) is 11.2 Å². The molecular formula is C16H21N5. The minimum atomic E-state index is 0.461. The van der Waals surface area contributed by atoms with E-state index in [0.717, 1.165) is 11.3 Å². The van der Waals surface area contributed by atoms with Crippen molar-refractivity contribution in [3.05, 3.63) is 24.5 Å². The molecule has 4 rings (SSSR count). The molecular weight excluding hydrogens is 262 g/mol. The highest BCUT2D eigenvalue weighted by Crippen LogP contribution is 2.58. The predicted octanol–water partition coefficient (Wildman–Crippen LogP) is 2.31. The van der Waals surface area contributed by atoms with E-state index in [1.54, 1.807) is 12.4 Å². The molecule has 0 saturated heterocycles. The number of fused-ring (bicyclic) bond motifs is 1. The van der Waals surface area contributed by atoms with E-state index in [4.69, 9.17) is 0 Å². The molecule has 0 amide bonds. The van der Waals surface area contributed by atoms with Gasteiger partial charge in [-0.2, -0.15) is 0 Å². The summed E-state index contributed by atoms with van der Waals surface area (Å²) >= 11 is 0. The maximum Gasteiger partial charge on any atom is 0.180 e. The van der Waals surface area contributed by atoms with Crippen LogP contribution in [0.15, 0.2) is 24.5 Å². The molecule has 2 aromatic rings. The molecule has 5 heteroatoms. The number of aromatic nitrogens is 3. The molecule has 0 radical (unpaired) electrons. The molecule has 5 nitrogen and oxygen atoms in total. The van der Waals surface area contributed by atoms with Gasteiger partial charge in [-0.1, -0.05) is 6.42 Å². The fourth-order valence-electron chi connectivity index (χ4n) is 4.07. The third kappa shape index (κ3) is 1.91. The molecule has 2 fully saturated rings. The molecule has 2 saturated carbocycles. The van der Waals surface area contributed by atoms with E-state index in [1.165, 1.54) is 25.7 Å². The average Bonchev–Trinajstić information content (AvgIpc) is 2.40. The largest absolute Gasteiger partial charge is 0.367 e. The quantitative estimate of drug-likeness (QED) is 0.937. The lowest BCUT2D eigenvalue weighted by Gasteiger charge is -2.63. The smallest absolute Gasteiger partial charge is 0.180 e. The van der Waals surface area contributed by atoms with Crippen LogP contribution in [0.5, 0.6) is 0 Å². The van der Waals surface area contributed by atoms with E-state index in [9.17, 15) is 0 Å². The normalized spacial score (nSPS) is 26.6. The highest BCUT2D eigenvalue weighted by Gasteiger charge is 2.58. The van der Waals surface area contributed by atoms with Gasteiger partial charge >= 0.3 is 0 Å². The standard InChI is InChI=1S/C16H21N5/c1-21(2)13-10-12(16(13)6-3-7-16)19-14-5-4-11-15(20-14)18-9-8-17-11/h4-5,8-9,12-13H,3,6-7,10H2,1-2H3,(H,18,19,20). The lowest BCUT2D eigenvalue weighted by Crippen LogP contribution is -2.68. The highest BCUT2D eigenvalue weighted by molar-refractivity contribution is 5.71. The van der Waals surface area contributed by atoms with E-state index in [2.05, 4.69) is 39.3 Å². The SMILES string of the molecule is CN(C)C1CC(Nc2ccc3nccnc3n2)C12CCC2. The Morgan fingerprint density at radius 2 is 2.00 bits per heavy atom.